The third-order valence-electron chi connectivity index (χ3n) is 4.97. The largest absolute Gasteiger partial charge is 0.377 e. The van der Waals surface area contributed by atoms with Crippen LogP contribution in [0.5, 0.6) is 0 Å². The molecule has 1 saturated heterocycles. The maximum absolute atomic E-state index is 12.2. The summed E-state index contributed by atoms with van der Waals surface area (Å²) in [4.78, 5) is 27.7. The van der Waals surface area contributed by atoms with Crippen LogP contribution in [-0.2, 0) is 22.7 Å². The predicted octanol–water partition coefficient (Wildman–Crippen LogP) is 1.42. The Balaban J connectivity index is 1.54. The van der Waals surface area contributed by atoms with Gasteiger partial charge in [0.05, 0.1) is 0 Å². The molecule has 0 bridgehead atoms. The van der Waals surface area contributed by atoms with Gasteiger partial charge in [0.25, 0.3) is 0 Å². The number of fused-ring (bicyclic) bond motifs is 1. The number of ether oxygens (including phenoxy) is 1. The van der Waals surface area contributed by atoms with E-state index in [4.69, 9.17) is 4.74 Å². The van der Waals surface area contributed by atoms with E-state index in [1.807, 2.05) is 9.47 Å². The van der Waals surface area contributed by atoms with E-state index in [1.54, 1.807) is 13.4 Å². The predicted molar refractivity (Wildman–Crippen MR) is 93.0 cm³/mol. The molecule has 1 aliphatic carbocycles. The van der Waals surface area contributed by atoms with Gasteiger partial charge in [-0.1, -0.05) is 0 Å². The first-order valence-electron chi connectivity index (χ1n) is 8.95. The Hall–Kier alpha value is -2.22. The summed E-state index contributed by atoms with van der Waals surface area (Å²) in [5, 5.41) is 3.47. The van der Waals surface area contributed by atoms with Crippen LogP contribution >= 0.6 is 0 Å². The number of hydrogen-bond acceptors (Lipinski definition) is 6. The van der Waals surface area contributed by atoms with Gasteiger partial charge in [-0.05, 0) is 26.2 Å². The van der Waals surface area contributed by atoms with E-state index < -0.39 is 0 Å². The van der Waals surface area contributed by atoms with Crippen molar-refractivity contribution in [3.8, 4) is 0 Å². The average molecular weight is 344 g/mol. The van der Waals surface area contributed by atoms with E-state index in [-0.39, 0.29) is 12.0 Å². The van der Waals surface area contributed by atoms with Gasteiger partial charge in [0.2, 0.25) is 5.91 Å². The Morgan fingerprint density at radius 1 is 1.36 bits per heavy atom. The quantitative estimate of drug-likeness (QED) is 0.853. The molecule has 1 atom stereocenters. The van der Waals surface area contributed by atoms with E-state index in [9.17, 15) is 4.79 Å². The fraction of sp³-hybridized carbons (Fsp3) is 0.647. The second-order valence-corrected chi connectivity index (χ2v) is 6.79. The number of likely N-dealkylation sites (tertiary alicyclic amines) is 1. The van der Waals surface area contributed by atoms with Gasteiger partial charge >= 0.3 is 0 Å². The molecule has 3 heterocycles. The van der Waals surface area contributed by atoms with Gasteiger partial charge in [0, 0.05) is 38.7 Å². The topological polar surface area (TPSA) is 85.2 Å². The number of rotatable bonds is 6. The zero-order valence-corrected chi connectivity index (χ0v) is 14.7. The standard InChI is InChI=1S/C17H24N6O2/c1-3-23-13(9-25-2)21-14-15(18-10-19-16(14)23)20-12-6-7-22(8-12)17(24)11-4-5-11/h10-12H,3-9H2,1-2H3,(H,18,19,20). The maximum atomic E-state index is 12.2. The summed E-state index contributed by atoms with van der Waals surface area (Å²) in [6.45, 7) is 4.84. The number of aryl methyl sites for hydroxylation is 1. The lowest BCUT2D eigenvalue weighted by atomic mass is 10.2. The van der Waals surface area contributed by atoms with Crippen LogP contribution in [0, 0.1) is 5.92 Å². The summed E-state index contributed by atoms with van der Waals surface area (Å²) in [6.07, 6.45) is 4.61. The van der Waals surface area contributed by atoms with Crippen LogP contribution in [0.3, 0.4) is 0 Å². The first kappa shape index (κ1) is 16.3. The third kappa shape index (κ3) is 3.06. The average Bonchev–Trinajstić information content (AvgIpc) is 3.26. The molecule has 25 heavy (non-hydrogen) atoms. The van der Waals surface area contributed by atoms with E-state index in [1.165, 1.54) is 0 Å². The Kier molecular flexibility index (Phi) is 4.29. The molecular formula is C17H24N6O2. The molecule has 2 aromatic heterocycles. The van der Waals surface area contributed by atoms with Crippen LogP contribution in [0.15, 0.2) is 6.33 Å². The summed E-state index contributed by atoms with van der Waals surface area (Å²) in [7, 11) is 1.66. The molecule has 8 nitrogen and oxygen atoms in total. The number of nitrogens with one attached hydrogen (secondary N) is 1. The lowest BCUT2D eigenvalue weighted by Crippen LogP contribution is -2.32. The highest BCUT2D eigenvalue weighted by Gasteiger charge is 2.36. The van der Waals surface area contributed by atoms with Gasteiger partial charge in [-0.2, -0.15) is 0 Å². The van der Waals surface area contributed by atoms with E-state index in [2.05, 4.69) is 27.2 Å². The number of methoxy groups -OCH3 is 1. The first-order chi connectivity index (χ1) is 12.2. The summed E-state index contributed by atoms with van der Waals surface area (Å²) < 4.78 is 7.29. The van der Waals surface area contributed by atoms with Crippen LogP contribution in [0.1, 0.15) is 32.0 Å². The van der Waals surface area contributed by atoms with Gasteiger partial charge < -0.3 is 19.5 Å². The molecule has 2 aromatic rings. The van der Waals surface area contributed by atoms with Gasteiger partial charge in [0.1, 0.15) is 18.8 Å². The van der Waals surface area contributed by atoms with E-state index >= 15 is 0 Å². The Labute approximate surface area is 146 Å². The van der Waals surface area contributed by atoms with Gasteiger partial charge in [0.15, 0.2) is 17.0 Å². The summed E-state index contributed by atoms with van der Waals surface area (Å²) in [5.41, 5.74) is 1.58. The fourth-order valence-corrected chi connectivity index (χ4v) is 3.52. The Bertz CT molecular complexity index is 785. The molecular weight excluding hydrogens is 320 g/mol. The van der Waals surface area contributed by atoms with Crippen LogP contribution in [0.25, 0.3) is 11.2 Å². The smallest absolute Gasteiger partial charge is 0.225 e. The molecule has 4 rings (SSSR count). The maximum Gasteiger partial charge on any atom is 0.225 e. The van der Waals surface area contributed by atoms with Gasteiger partial charge in [-0.15, -0.1) is 0 Å². The lowest BCUT2D eigenvalue weighted by molar-refractivity contribution is -0.131. The van der Waals surface area contributed by atoms with Crippen molar-refractivity contribution >= 4 is 22.9 Å². The Morgan fingerprint density at radius 2 is 2.20 bits per heavy atom. The molecule has 1 aliphatic heterocycles. The Morgan fingerprint density at radius 3 is 2.92 bits per heavy atom. The van der Waals surface area contributed by atoms with E-state index in [0.29, 0.717) is 12.5 Å². The number of amides is 1. The van der Waals surface area contributed by atoms with Crippen LogP contribution in [-0.4, -0.2) is 56.6 Å². The van der Waals surface area contributed by atoms with Crippen molar-refractivity contribution < 1.29 is 9.53 Å². The van der Waals surface area contributed by atoms with Crippen molar-refractivity contribution in [2.75, 3.05) is 25.5 Å². The number of carbonyl (C=O) groups excluding carboxylic acids is 1. The van der Waals surface area contributed by atoms with Crippen molar-refractivity contribution in [3.05, 3.63) is 12.2 Å². The van der Waals surface area contributed by atoms with Crippen molar-refractivity contribution in [2.45, 2.75) is 45.4 Å². The molecule has 1 unspecified atom stereocenters. The lowest BCUT2D eigenvalue weighted by Gasteiger charge is -2.17. The monoisotopic (exact) mass is 344 g/mol. The number of aromatic nitrogens is 4. The third-order valence-corrected chi connectivity index (χ3v) is 4.97. The summed E-state index contributed by atoms with van der Waals surface area (Å²) >= 11 is 0. The minimum atomic E-state index is 0.207. The minimum absolute atomic E-state index is 0.207. The molecule has 0 aromatic carbocycles. The zero-order chi connectivity index (χ0) is 17.4. The number of hydrogen-bond donors (Lipinski definition) is 1. The number of anilines is 1. The second-order valence-electron chi connectivity index (χ2n) is 6.79. The van der Waals surface area contributed by atoms with Crippen LogP contribution in [0.4, 0.5) is 5.82 Å². The number of carbonyl (C=O) groups is 1. The molecule has 134 valence electrons. The van der Waals surface area contributed by atoms with Gasteiger partial charge in [-0.3, -0.25) is 4.79 Å². The molecule has 0 radical (unpaired) electrons. The molecule has 0 spiro atoms. The fourth-order valence-electron chi connectivity index (χ4n) is 3.52. The summed E-state index contributed by atoms with van der Waals surface area (Å²) in [6, 6.07) is 0.207. The highest BCUT2D eigenvalue weighted by atomic mass is 16.5. The number of nitrogens with zero attached hydrogens (tertiary/aromatic N) is 5. The molecule has 2 aliphatic rings. The van der Waals surface area contributed by atoms with Crippen molar-refractivity contribution in [3.63, 3.8) is 0 Å². The first-order valence-corrected chi connectivity index (χ1v) is 8.95. The molecule has 2 fully saturated rings. The number of imidazole rings is 1. The SMILES string of the molecule is CCn1c(COC)nc2c(NC3CCN(C(=O)C4CC4)C3)ncnc21. The zero-order valence-electron chi connectivity index (χ0n) is 14.7. The second kappa shape index (κ2) is 6.59. The van der Waals surface area contributed by atoms with Crippen LogP contribution in [0.2, 0.25) is 0 Å². The highest BCUT2D eigenvalue weighted by Crippen LogP contribution is 2.32. The van der Waals surface area contributed by atoms with Gasteiger partial charge in [-0.25, -0.2) is 15.0 Å². The molecule has 1 saturated carbocycles. The molecule has 8 heteroatoms. The van der Waals surface area contributed by atoms with Crippen molar-refractivity contribution in [1.29, 1.82) is 0 Å². The minimum Gasteiger partial charge on any atom is -0.377 e. The molecule has 1 amide bonds. The molecule has 1 N–H and O–H groups in total. The highest BCUT2D eigenvalue weighted by molar-refractivity contribution is 5.84. The van der Waals surface area contributed by atoms with Crippen molar-refractivity contribution in [1.82, 2.24) is 24.4 Å². The summed E-state index contributed by atoms with van der Waals surface area (Å²) in [5.74, 6) is 2.18. The van der Waals surface area contributed by atoms with Crippen LogP contribution < -0.4 is 5.32 Å². The van der Waals surface area contributed by atoms with E-state index in [0.717, 1.165) is 61.7 Å². The van der Waals surface area contributed by atoms with Crippen molar-refractivity contribution in [2.24, 2.45) is 5.92 Å². The normalized spacial score (nSPS) is 20.4.